The van der Waals surface area contributed by atoms with Crippen LogP contribution < -0.4 is 5.32 Å². The van der Waals surface area contributed by atoms with Crippen LogP contribution in [-0.4, -0.2) is 41.6 Å². The summed E-state index contributed by atoms with van der Waals surface area (Å²) < 4.78 is 0. The summed E-state index contributed by atoms with van der Waals surface area (Å²) in [6.45, 7) is 4.64. The molecule has 2 N–H and O–H groups in total. The van der Waals surface area contributed by atoms with Gasteiger partial charge in [0, 0.05) is 19.6 Å². The van der Waals surface area contributed by atoms with Crippen LogP contribution in [0.3, 0.4) is 0 Å². The molecular weight excluding hydrogens is 208 g/mol. The van der Waals surface area contributed by atoms with Crippen LogP contribution in [0.5, 0.6) is 0 Å². The summed E-state index contributed by atoms with van der Waals surface area (Å²) in [6, 6.07) is -0.462. The van der Waals surface area contributed by atoms with E-state index in [4.69, 9.17) is 5.11 Å². The van der Waals surface area contributed by atoms with Crippen molar-refractivity contribution in [2.45, 2.75) is 45.6 Å². The van der Waals surface area contributed by atoms with Crippen molar-refractivity contribution in [3.05, 3.63) is 0 Å². The average molecular weight is 230 g/mol. The van der Waals surface area contributed by atoms with Crippen LogP contribution in [0, 0.1) is 0 Å². The van der Waals surface area contributed by atoms with Gasteiger partial charge in [-0.1, -0.05) is 20.3 Å². The second-order valence-corrected chi connectivity index (χ2v) is 3.95. The van der Waals surface area contributed by atoms with Crippen molar-refractivity contribution >= 4 is 12.0 Å². The predicted octanol–water partition coefficient (Wildman–Crippen LogP) is 1.68. The normalized spacial score (nSPS) is 11.9. The number of carbonyl (C=O) groups excluding carboxylic acids is 1. The van der Waals surface area contributed by atoms with Crippen molar-refractivity contribution in [3.63, 3.8) is 0 Å². The number of carboxylic acids is 1. The fraction of sp³-hybridized carbons (Fsp3) is 0.818. The van der Waals surface area contributed by atoms with E-state index < -0.39 is 5.97 Å². The summed E-state index contributed by atoms with van der Waals surface area (Å²) in [4.78, 5) is 23.8. The first-order chi connectivity index (χ1) is 7.51. The molecule has 0 saturated carbocycles. The number of nitrogens with one attached hydrogen (secondary N) is 1. The summed E-state index contributed by atoms with van der Waals surface area (Å²) >= 11 is 0. The van der Waals surface area contributed by atoms with Crippen molar-refractivity contribution in [1.29, 1.82) is 0 Å². The Morgan fingerprint density at radius 1 is 1.31 bits per heavy atom. The summed E-state index contributed by atoms with van der Waals surface area (Å²) in [6.07, 6.45) is 2.43. The molecular formula is C11H22N2O3. The van der Waals surface area contributed by atoms with Gasteiger partial charge in [0.15, 0.2) is 0 Å². The van der Waals surface area contributed by atoms with Gasteiger partial charge in [0.05, 0.1) is 6.42 Å². The molecule has 0 radical (unpaired) electrons. The van der Waals surface area contributed by atoms with Crippen molar-refractivity contribution in [2.75, 3.05) is 13.6 Å². The average Bonchev–Trinajstić information content (AvgIpc) is 2.17. The highest BCUT2D eigenvalue weighted by Gasteiger charge is 2.16. The molecule has 16 heavy (non-hydrogen) atoms. The van der Waals surface area contributed by atoms with Crippen LogP contribution in [0.4, 0.5) is 4.79 Å². The Labute approximate surface area is 96.8 Å². The minimum absolute atomic E-state index is 0.0143. The van der Waals surface area contributed by atoms with E-state index >= 15 is 0 Å². The van der Waals surface area contributed by atoms with E-state index in [2.05, 4.69) is 5.32 Å². The Morgan fingerprint density at radius 2 is 1.94 bits per heavy atom. The van der Waals surface area contributed by atoms with Crippen LogP contribution in [0.1, 0.15) is 39.5 Å². The lowest BCUT2D eigenvalue weighted by molar-refractivity contribution is -0.137. The van der Waals surface area contributed by atoms with E-state index in [0.29, 0.717) is 13.0 Å². The highest BCUT2D eigenvalue weighted by atomic mass is 16.4. The second-order valence-electron chi connectivity index (χ2n) is 3.95. The van der Waals surface area contributed by atoms with Gasteiger partial charge in [-0.25, -0.2) is 4.79 Å². The maximum absolute atomic E-state index is 11.6. The Kier molecular flexibility index (Phi) is 7.33. The third-order valence-corrected chi connectivity index (χ3v) is 2.29. The molecule has 0 heterocycles. The molecule has 94 valence electrons. The van der Waals surface area contributed by atoms with Crippen LogP contribution in [-0.2, 0) is 4.79 Å². The molecule has 0 aliphatic rings. The van der Waals surface area contributed by atoms with E-state index in [1.165, 1.54) is 0 Å². The number of urea groups is 1. The van der Waals surface area contributed by atoms with Crippen molar-refractivity contribution < 1.29 is 14.7 Å². The molecule has 0 aromatic heterocycles. The topological polar surface area (TPSA) is 69.6 Å². The molecule has 0 aromatic rings. The molecule has 1 atom stereocenters. The SMILES string of the molecule is CCCC(CC(=O)O)NC(=O)N(C)CCC. The van der Waals surface area contributed by atoms with Crippen molar-refractivity contribution in [3.8, 4) is 0 Å². The van der Waals surface area contributed by atoms with Crippen LogP contribution in [0.25, 0.3) is 0 Å². The molecule has 0 aliphatic carbocycles. The maximum atomic E-state index is 11.6. The first-order valence-corrected chi connectivity index (χ1v) is 5.74. The molecule has 1 unspecified atom stereocenters. The summed E-state index contributed by atoms with van der Waals surface area (Å²) in [5.74, 6) is -0.878. The Bertz CT molecular complexity index is 231. The minimum atomic E-state index is -0.878. The molecule has 0 bridgehead atoms. The number of amides is 2. The first-order valence-electron chi connectivity index (χ1n) is 5.74. The maximum Gasteiger partial charge on any atom is 0.317 e. The number of rotatable bonds is 7. The van der Waals surface area contributed by atoms with Gasteiger partial charge in [-0.05, 0) is 12.8 Å². The van der Waals surface area contributed by atoms with Crippen LogP contribution in [0.2, 0.25) is 0 Å². The standard InChI is InChI=1S/C11H22N2O3/c1-4-6-9(8-10(14)15)12-11(16)13(3)7-5-2/h9H,4-8H2,1-3H3,(H,12,16)(H,14,15). The van der Waals surface area contributed by atoms with Gasteiger partial charge < -0.3 is 15.3 Å². The number of hydrogen-bond donors (Lipinski definition) is 2. The van der Waals surface area contributed by atoms with Gasteiger partial charge in [0.1, 0.15) is 0 Å². The number of carbonyl (C=O) groups is 2. The number of nitrogens with zero attached hydrogens (tertiary/aromatic N) is 1. The molecule has 0 spiro atoms. The summed E-state index contributed by atoms with van der Waals surface area (Å²) in [5.41, 5.74) is 0. The predicted molar refractivity (Wildman–Crippen MR) is 62.4 cm³/mol. The summed E-state index contributed by atoms with van der Waals surface area (Å²) in [5, 5.41) is 11.4. The molecule has 5 nitrogen and oxygen atoms in total. The van der Waals surface area contributed by atoms with Gasteiger partial charge in [-0.2, -0.15) is 0 Å². The lowest BCUT2D eigenvalue weighted by Gasteiger charge is -2.22. The minimum Gasteiger partial charge on any atom is -0.481 e. The van der Waals surface area contributed by atoms with E-state index in [1.807, 2.05) is 13.8 Å². The zero-order chi connectivity index (χ0) is 12.6. The van der Waals surface area contributed by atoms with E-state index in [9.17, 15) is 9.59 Å². The quantitative estimate of drug-likeness (QED) is 0.699. The molecule has 0 aliphatic heterocycles. The Balaban J connectivity index is 4.16. The third kappa shape index (κ3) is 6.27. The monoisotopic (exact) mass is 230 g/mol. The van der Waals surface area contributed by atoms with Gasteiger partial charge >= 0.3 is 12.0 Å². The van der Waals surface area contributed by atoms with Gasteiger partial charge in [0.2, 0.25) is 0 Å². The molecule has 0 fully saturated rings. The highest BCUT2D eigenvalue weighted by molar-refractivity contribution is 5.75. The molecule has 0 rings (SSSR count). The van der Waals surface area contributed by atoms with E-state index in [-0.39, 0.29) is 18.5 Å². The molecule has 5 heteroatoms. The smallest absolute Gasteiger partial charge is 0.317 e. The molecule has 0 saturated heterocycles. The second kappa shape index (κ2) is 7.96. The molecule has 0 aromatic carbocycles. The third-order valence-electron chi connectivity index (χ3n) is 2.29. The number of hydrogen-bond acceptors (Lipinski definition) is 2. The Morgan fingerprint density at radius 3 is 2.38 bits per heavy atom. The van der Waals surface area contributed by atoms with Crippen LogP contribution >= 0.6 is 0 Å². The van der Waals surface area contributed by atoms with Gasteiger partial charge in [-0.3, -0.25) is 4.79 Å². The zero-order valence-corrected chi connectivity index (χ0v) is 10.3. The van der Waals surface area contributed by atoms with Gasteiger partial charge in [0.25, 0.3) is 0 Å². The summed E-state index contributed by atoms with van der Waals surface area (Å²) in [7, 11) is 1.71. The van der Waals surface area contributed by atoms with Crippen molar-refractivity contribution in [1.82, 2.24) is 10.2 Å². The number of carboxylic acid groups (broad SMARTS) is 1. The zero-order valence-electron chi connectivity index (χ0n) is 10.3. The number of aliphatic carboxylic acids is 1. The van der Waals surface area contributed by atoms with Gasteiger partial charge in [-0.15, -0.1) is 0 Å². The first kappa shape index (κ1) is 14.7. The van der Waals surface area contributed by atoms with E-state index in [0.717, 1.165) is 12.8 Å². The molecule has 2 amide bonds. The fourth-order valence-corrected chi connectivity index (χ4v) is 1.51. The van der Waals surface area contributed by atoms with E-state index in [1.54, 1.807) is 11.9 Å². The lowest BCUT2D eigenvalue weighted by atomic mass is 10.1. The lowest BCUT2D eigenvalue weighted by Crippen LogP contribution is -2.44. The van der Waals surface area contributed by atoms with Crippen molar-refractivity contribution in [2.24, 2.45) is 0 Å². The largest absolute Gasteiger partial charge is 0.481 e. The Hall–Kier alpha value is -1.26. The fourth-order valence-electron chi connectivity index (χ4n) is 1.51. The van der Waals surface area contributed by atoms with Crippen LogP contribution in [0.15, 0.2) is 0 Å². The highest BCUT2D eigenvalue weighted by Crippen LogP contribution is 2.03.